The number of hydrogen-bond donors (Lipinski definition) is 1. The highest BCUT2D eigenvalue weighted by atomic mass is 32.2. The molecule has 0 bridgehead atoms. The maximum atomic E-state index is 13.3. The first-order valence-electron chi connectivity index (χ1n) is 9.82. The number of amides is 1. The standard InChI is InChI=1S/C22H28N2O3S/c1-17-10-9-15-21(18(17)2)23-22(25)16-24(19-11-5-3-6-12-19)28(26,27)20-13-7-4-8-14-20/h4,7-10,13-15,19H,3,5-6,11-12,16H2,1-2H3,(H,23,25). The largest absolute Gasteiger partial charge is 0.325 e. The third kappa shape index (κ3) is 4.62. The number of nitrogens with one attached hydrogen (secondary N) is 1. The number of hydrogen-bond acceptors (Lipinski definition) is 3. The Balaban J connectivity index is 1.85. The van der Waals surface area contributed by atoms with Gasteiger partial charge in [-0.05, 0) is 56.0 Å². The molecule has 0 unspecified atom stereocenters. The summed E-state index contributed by atoms with van der Waals surface area (Å²) in [6.07, 6.45) is 4.68. The van der Waals surface area contributed by atoms with Crippen LogP contribution in [-0.4, -0.2) is 31.2 Å². The summed E-state index contributed by atoms with van der Waals surface area (Å²) in [7, 11) is -3.73. The van der Waals surface area contributed by atoms with Gasteiger partial charge in [-0.25, -0.2) is 8.42 Å². The Bertz CT molecular complexity index is 920. The zero-order valence-corrected chi connectivity index (χ0v) is 17.3. The Morgan fingerprint density at radius 1 is 1.00 bits per heavy atom. The van der Waals surface area contributed by atoms with Crippen LogP contribution in [0.25, 0.3) is 0 Å². The molecule has 0 spiro atoms. The van der Waals surface area contributed by atoms with Crippen molar-refractivity contribution in [2.45, 2.75) is 56.9 Å². The lowest BCUT2D eigenvalue weighted by Gasteiger charge is -2.33. The fourth-order valence-electron chi connectivity index (χ4n) is 3.72. The van der Waals surface area contributed by atoms with Gasteiger partial charge in [0.15, 0.2) is 0 Å². The van der Waals surface area contributed by atoms with Gasteiger partial charge in [0.05, 0.1) is 11.4 Å². The molecule has 1 N–H and O–H groups in total. The lowest BCUT2D eigenvalue weighted by Crippen LogP contribution is -2.45. The zero-order valence-electron chi connectivity index (χ0n) is 16.5. The molecule has 0 radical (unpaired) electrons. The van der Waals surface area contributed by atoms with E-state index in [0.29, 0.717) is 0 Å². The van der Waals surface area contributed by atoms with Crippen molar-refractivity contribution in [3.8, 4) is 0 Å². The molecule has 0 aliphatic heterocycles. The van der Waals surface area contributed by atoms with Crippen LogP contribution in [0.1, 0.15) is 43.2 Å². The van der Waals surface area contributed by atoms with Crippen LogP contribution in [0.15, 0.2) is 53.4 Å². The van der Waals surface area contributed by atoms with Gasteiger partial charge in [0, 0.05) is 11.7 Å². The van der Waals surface area contributed by atoms with Crippen LogP contribution in [0, 0.1) is 13.8 Å². The molecule has 1 aliphatic rings. The van der Waals surface area contributed by atoms with E-state index >= 15 is 0 Å². The number of nitrogens with zero attached hydrogens (tertiary/aromatic N) is 1. The summed E-state index contributed by atoms with van der Waals surface area (Å²) in [5.74, 6) is -0.307. The highest BCUT2D eigenvalue weighted by Gasteiger charge is 2.33. The second-order valence-corrected chi connectivity index (χ2v) is 9.34. The molecule has 28 heavy (non-hydrogen) atoms. The summed E-state index contributed by atoms with van der Waals surface area (Å²) >= 11 is 0. The number of rotatable bonds is 6. The van der Waals surface area contributed by atoms with Gasteiger partial charge < -0.3 is 5.32 Å². The van der Waals surface area contributed by atoms with Crippen LogP contribution in [0.4, 0.5) is 5.69 Å². The monoisotopic (exact) mass is 400 g/mol. The minimum absolute atomic E-state index is 0.136. The van der Waals surface area contributed by atoms with Crippen molar-refractivity contribution in [1.29, 1.82) is 0 Å². The maximum Gasteiger partial charge on any atom is 0.243 e. The van der Waals surface area contributed by atoms with E-state index in [4.69, 9.17) is 0 Å². The highest BCUT2D eigenvalue weighted by molar-refractivity contribution is 7.89. The number of aryl methyl sites for hydroxylation is 1. The molecular weight excluding hydrogens is 372 g/mol. The molecule has 0 heterocycles. The van der Waals surface area contributed by atoms with Crippen molar-refractivity contribution in [1.82, 2.24) is 4.31 Å². The SMILES string of the molecule is Cc1cccc(NC(=O)CN(C2CCCCC2)S(=O)(=O)c2ccccc2)c1C. The normalized spacial score (nSPS) is 15.5. The van der Waals surface area contributed by atoms with E-state index in [1.807, 2.05) is 32.0 Å². The van der Waals surface area contributed by atoms with Crippen LogP contribution in [0.3, 0.4) is 0 Å². The summed E-state index contributed by atoms with van der Waals surface area (Å²) in [6, 6.07) is 14.0. The maximum absolute atomic E-state index is 13.3. The lowest BCUT2D eigenvalue weighted by atomic mass is 9.95. The van der Waals surface area contributed by atoms with Crippen molar-refractivity contribution in [2.75, 3.05) is 11.9 Å². The fourth-order valence-corrected chi connectivity index (χ4v) is 5.39. The number of carbonyl (C=O) groups is 1. The predicted octanol–water partition coefficient (Wildman–Crippen LogP) is 4.27. The van der Waals surface area contributed by atoms with Crippen molar-refractivity contribution in [3.05, 3.63) is 59.7 Å². The lowest BCUT2D eigenvalue weighted by molar-refractivity contribution is -0.116. The second kappa shape index (κ2) is 8.88. The van der Waals surface area contributed by atoms with E-state index in [1.54, 1.807) is 30.3 Å². The Kier molecular flexibility index (Phi) is 6.52. The summed E-state index contributed by atoms with van der Waals surface area (Å²) in [5.41, 5.74) is 2.80. The topological polar surface area (TPSA) is 66.5 Å². The van der Waals surface area contributed by atoms with E-state index in [1.165, 1.54) is 4.31 Å². The smallest absolute Gasteiger partial charge is 0.243 e. The third-order valence-corrected chi connectivity index (χ3v) is 7.42. The Morgan fingerprint density at radius 3 is 2.36 bits per heavy atom. The highest BCUT2D eigenvalue weighted by Crippen LogP contribution is 2.28. The molecule has 1 amide bonds. The summed E-state index contributed by atoms with van der Waals surface area (Å²) in [4.78, 5) is 13.0. The van der Waals surface area contributed by atoms with Gasteiger partial charge in [-0.2, -0.15) is 4.31 Å². The van der Waals surface area contributed by atoms with Gasteiger partial charge in [0.2, 0.25) is 15.9 Å². The molecule has 0 aromatic heterocycles. The molecule has 1 aliphatic carbocycles. The van der Waals surface area contributed by atoms with Crippen molar-refractivity contribution >= 4 is 21.6 Å². The van der Waals surface area contributed by atoms with Crippen molar-refractivity contribution < 1.29 is 13.2 Å². The average molecular weight is 401 g/mol. The number of benzene rings is 2. The minimum atomic E-state index is -3.73. The zero-order chi connectivity index (χ0) is 20.1. The van der Waals surface area contributed by atoms with E-state index in [9.17, 15) is 13.2 Å². The van der Waals surface area contributed by atoms with Gasteiger partial charge in [-0.1, -0.05) is 49.6 Å². The molecule has 0 saturated heterocycles. The second-order valence-electron chi connectivity index (χ2n) is 7.45. The first-order valence-corrected chi connectivity index (χ1v) is 11.3. The van der Waals surface area contributed by atoms with Gasteiger partial charge in [0.1, 0.15) is 0 Å². The van der Waals surface area contributed by atoms with Gasteiger partial charge in [-0.3, -0.25) is 4.79 Å². The first-order chi connectivity index (χ1) is 13.4. The van der Waals surface area contributed by atoms with E-state index < -0.39 is 10.0 Å². The quantitative estimate of drug-likeness (QED) is 0.788. The molecule has 5 nitrogen and oxygen atoms in total. The Morgan fingerprint density at radius 2 is 1.68 bits per heavy atom. The molecule has 1 fully saturated rings. The molecular formula is C22H28N2O3S. The molecule has 0 atom stereocenters. The van der Waals surface area contributed by atoms with Crippen LogP contribution in [0.5, 0.6) is 0 Å². The van der Waals surface area contributed by atoms with Crippen LogP contribution in [0.2, 0.25) is 0 Å². The van der Waals surface area contributed by atoms with E-state index in [0.717, 1.165) is 48.9 Å². The molecule has 150 valence electrons. The van der Waals surface area contributed by atoms with Crippen LogP contribution >= 0.6 is 0 Å². The summed E-state index contributed by atoms with van der Waals surface area (Å²) in [6.45, 7) is 3.76. The Labute approximate surface area is 167 Å². The van der Waals surface area contributed by atoms with Gasteiger partial charge >= 0.3 is 0 Å². The fraction of sp³-hybridized carbons (Fsp3) is 0.409. The summed E-state index contributed by atoms with van der Waals surface area (Å²) < 4.78 is 28.0. The minimum Gasteiger partial charge on any atom is -0.325 e. The molecule has 6 heteroatoms. The predicted molar refractivity (Wildman–Crippen MR) is 112 cm³/mol. The van der Waals surface area contributed by atoms with Crippen molar-refractivity contribution in [3.63, 3.8) is 0 Å². The van der Waals surface area contributed by atoms with Gasteiger partial charge in [0.25, 0.3) is 0 Å². The third-order valence-electron chi connectivity index (χ3n) is 5.51. The van der Waals surface area contributed by atoms with Crippen LogP contribution in [-0.2, 0) is 14.8 Å². The van der Waals surface area contributed by atoms with Gasteiger partial charge in [-0.15, -0.1) is 0 Å². The number of sulfonamides is 1. The molecule has 3 rings (SSSR count). The average Bonchev–Trinajstić information content (AvgIpc) is 2.71. The molecule has 2 aromatic carbocycles. The van der Waals surface area contributed by atoms with Crippen LogP contribution < -0.4 is 5.32 Å². The number of carbonyl (C=O) groups excluding carboxylic acids is 1. The Hall–Kier alpha value is -2.18. The first kappa shape index (κ1) is 20.6. The van der Waals surface area contributed by atoms with Crippen molar-refractivity contribution in [2.24, 2.45) is 0 Å². The van der Waals surface area contributed by atoms with E-state index in [2.05, 4.69) is 5.32 Å². The van der Waals surface area contributed by atoms with E-state index in [-0.39, 0.29) is 23.4 Å². The molecule has 1 saturated carbocycles. The number of anilines is 1. The molecule has 2 aromatic rings. The summed E-state index contributed by atoms with van der Waals surface area (Å²) in [5, 5.41) is 2.90.